The first-order valence-corrected chi connectivity index (χ1v) is 19.5. The Morgan fingerprint density at radius 1 is 0.794 bits per heavy atom. The molecule has 4 aromatic rings. The second-order valence-electron chi connectivity index (χ2n) is 13.0. The summed E-state index contributed by atoms with van der Waals surface area (Å²) in [7, 11) is -3.83. The van der Waals surface area contributed by atoms with E-state index in [1.165, 1.54) is 22.5 Å². The highest BCUT2D eigenvalue weighted by Gasteiger charge is 2.39. The van der Waals surface area contributed by atoms with Gasteiger partial charge in [0.1, 0.15) is 15.7 Å². The molecular weight excluding hydrogens is 916 g/mol. The molecule has 1 fully saturated rings. The molecule has 2 aliphatic heterocycles. The third-order valence-electron chi connectivity index (χ3n) is 8.47. The maximum atomic E-state index is 14.2. The Morgan fingerprint density at radius 2 is 1.37 bits per heavy atom. The number of rotatable bonds is 6. The van der Waals surface area contributed by atoms with Crippen molar-refractivity contribution in [1.29, 1.82) is 0 Å². The molecule has 1 saturated heterocycles. The van der Waals surface area contributed by atoms with Crippen molar-refractivity contribution >= 4 is 68.4 Å². The summed E-state index contributed by atoms with van der Waals surface area (Å²) in [5.41, 5.74) is 4.96. The first-order chi connectivity index (χ1) is 29.2. The van der Waals surface area contributed by atoms with E-state index in [2.05, 4.69) is 43.0 Å². The maximum Gasteiger partial charge on any atom is 0.490 e. The third-order valence-corrected chi connectivity index (χ3v) is 10.7. The molecule has 6 N–H and O–H groups in total. The van der Waals surface area contributed by atoms with Gasteiger partial charge in [-0.15, -0.1) is 0 Å². The lowest BCUT2D eigenvalue weighted by molar-refractivity contribution is -0.193. The van der Waals surface area contributed by atoms with Gasteiger partial charge < -0.3 is 31.3 Å². The average Bonchev–Trinajstić information content (AvgIpc) is 3.19. The first kappa shape index (κ1) is 51.3. The van der Waals surface area contributed by atoms with Gasteiger partial charge >= 0.3 is 36.4 Å². The van der Waals surface area contributed by atoms with Crippen molar-refractivity contribution in [3.05, 3.63) is 89.1 Å². The minimum Gasteiger partial charge on any atom is -0.475 e. The van der Waals surface area contributed by atoms with E-state index in [0.29, 0.717) is 35.8 Å². The zero-order valence-electron chi connectivity index (χ0n) is 31.8. The first-order valence-electron chi connectivity index (χ1n) is 17.7. The lowest BCUT2D eigenvalue weighted by atomic mass is 9.94. The zero-order chi connectivity index (χ0) is 47.3. The Morgan fingerprint density at radius 3 is 1.92 bits per heavy atom. The molecule has 0 spiro atoms. The van der Waals surface area contributed by atoms with Gasteiger partial charge in [0.05, 0.1) is 18.1 Å². The van der Waals surface area contributed by atoms with Crippen molar-refractivity contribution in [3.63, 3.8) is 0 Å². The van der Waals surface area contributed by atoms with Gasteiger partial charge in [0.25, 0.3) is 0 Å². The molecule has 63 heavy (non-hydrogen) atoms. The number of piperidine rings is 1. The van der Waals surface area contributed by atoms with E-state index < -0.39 is 52.3 Å². The van der Waals surface area contributed by atoms with Crippen molar-refractivity contribution in [3.8, 4) is 0 Å². The van der Waals surface area contributed by atoms with Crippen LogP contribution < -0.4 is 16.0 Å². The van der Waals surface area contributed by atoms with Crippen LogP contribution in [0.4, 0.5) is 72.7 Å². The molecule has 2 aromatic heterocycles. The van der Waals surface area contributed by atoms with Gasteiger partial charge in [0.15, 0.2) is 5.82 Å². The molecule has 6 rings (SSSR count). The van der Waals surface area contributed by atoms with Crippen LogP contribution in [0.15, 0.2) is 72.0 Å². The molecule has 4 heterocycles. The fourth-order valence-electron chi connectivity index (χ4n) is 5.45. The second kappa shape index (κ2) is 21.9. The number of carboxylic acids is 3. The molecule has 0 aliphatic carbocycles. The van der Waals surface area contributed by atoms with Crippen molar-refractivity contribution < 1.29 is 82.0 Å². The van der Waals surface area contributed by atoms with E-state index in [4.69, 9.17) is 41.3 Å². The van der Waals surface area contributed by atoms with Crippen molar-refractivity contribution in [2.24, 2.45) is 5.92 Å². The van der Waals surface area contributed by atoms with Crippen LogP contribution in [-0.4, -0.2) is 99.1 Å². The van der Waals surface area contributed by atoms with E-state index in [0.717, 1.165) is 66.8 Å². The summed E-state index contributed by atoms with van der Waals surface area (Å²) in [6.07, 6.45) is -6.10. The van der Waals surface area contributed by atoms with Crippen LogP contribution in [0, 0.1) is 11.7 Å². The van der Waals surface area contributed by atoms with Crippen LogP contribution >= 0.6 is 11.6 Å². The number of nitrogens with one attached hydrogen (secondary N) is 3. The molecular formula is C36H34ClF10N7O8S. The Bertz CT molecular complexity index is 2270. The van der Waals surface area contributed by atoms with Gasteiger partial charge in [0, 0.05) is 37.2 Å². The molecule has 0 amide bonds. The van der Waals surface area contributed by atoms with Crippen LogP contribution in [0.3, 0.4) is 0 Å². The number of carboxylic acid groups (broad SMARTS) is 3. The van der Waals surface area contributed by atoms with Gasteiger partial charge in [0.2, 0.25) is 16.0 Å². The number of aryl methyl sites for hydroxylation is 2. The number of nitrogens with zero attached hydrogens (tertiary/aromatic N) is 4. The highest BCUT2D eigenvalue weighted by molar-refractivity contribution is 7.89. The number of anilines is 5. The summed E-state index contributed by atoms with van der Waals surface area (Å²) >= 11 is 6.39. The van der Waals surface area contributed by atoms with E-state index in [1.807, 2.05) is 18.3 Å². The summed E-state index contributed by atoms with van der Waals surface area (Å²) in [5, 5.41) is 31.9. The molecule has 344 valence electrons. The molecule has 15 nitrogen and oxygen atoms in total. The highest BCUT2D eigenvalue weighted by Crippen LogP contribution is 2.31. The number of carbonyl (C=O) groups is 3. The minimum absolute atomic E-state index is 0.251. The monoisotopic (exact) mass is 949 g/mol. The summed E-state index contributed by atoms with van der Waals surface area (Å²) in [6.45, 7) is 1.54. The van der Waals surface area contributed by atoms with Crippen LogP contribution in [0.2, 0.25) is 5.02 Å². The number of alkyl halides is 9. The second-order valence-corrected chi connectivity index (χ2v) is 15.3. The number of sulfonamides is 1. The van der Waals surface area contributed by atoms with Crippen molar-refractivity contribution in [1.82, 2.24) is 19.3 Å². The molecule has 0 unspecified atom stereocenters. The lowest BCUT2D eigenvalue weighted by Gasteiger charge is -2.31. The highest BCUT2D eigenvalue weighted by atomic mass is 35.5. The zero-order valence-corrected chi connectivity index (χ0v) is 33.4. The summed E-state index contributed by atoms with van der Waals surface area (Å²) in [4.78, 5) is 39.6. The number of hydrogen-bond donors (Lipinski definition) is 6. The third kappa shape index (κ3) is 16.3. The molecule has 6 bridgehead atoms. The topological polar surface area (TPSA) is 224 Å². The molecule has 2 aromatic carbocycles. The van der Waals surface area contributed by atoms with Crippen molar-refractivity contribution in [2.75, 3.05) is 35.6 Å². The maximum absolute atomic E-state index is 14.2. The van der Waals surface area contributed by atoms with E-state index in [9.17, 15) is 52.3 Å². The Kier molecular flexibility index (Phi) is 17.8. The quantitative estimate of drug-likeness (QED) is 0.101. The largest absolute Gasteiger partial charge is 0.490 e. The molecule has 2 aliphatic rings. The SMILES string of the molecule is O=C(O)C(F)(F)F.O=C(O)C(F)(F)F.O=C(O)C(F)(F)F.O=S(=O)(c1ccccc1F)N1CCC(CCNc2ccc3cc2CCc2cncc(c2)Nc2ncc(Cl)c(n2)N3)CC1. The summed E-state index contributed by atoms with van der Waals surface area (Å²) in [5.74, 6) is -7.67. The molecule has 27 heteroatoms. The minimum atomic E-state index is -5.08. The summed E-state index contributed by atoms with van der Waals surface area (Å²) in [6, 6.07) is 13.8. The van der Waals surface area contributed by atoms with E-state index in [-0.39, 0.29) is 4.90 Å². The molecule has 0 atom stereocenters. The Hall–Kier alpha value is -6.02. The number of benzene rings is 2. The van der Waals surface area contributed by atoms with Gasteiger partial charge in [-0.3, -0.25) is 4.98 Å². The standard InChI is InChI=1S/C30H31ClFN7O2S.3C2HF3O2/c31-25-19-35-30-37-24-15-21(17-33-18-24)5-6-22-16-23(36-29(25)38-30)7-8-27(22)34-12-9-20-10-13-39(14-11-20)42(40,41)28-4-2-1-3-26(28)32;3*3-2(4,5)1(6)7/h1-4,7-8,15-20,34H,5-6,9-14H2,(H2,35,36,37,38);3*(H,6,7). The number of fused-ring (bicyclic) bond motifs is 6. The lowest BCUT2D eigenvalue weighted by Crippen LogP contribution is -2.39. The predicted molar refractivity (Wildman–Crippen MR) is 204 cm³/mol. The summed E-state index contributed by atoms with van der Waals surface area (Å²) < 4.78 is 137. The fraction of sp³-hybridized carbons (Fsp3) is 0.333. The smallest absolute Gasteiger partial charge is 0.475 e. The van der Waals surface area contributed by atoms with Gasteiger partial charge in [-0.25, -0.2) is 32.2 Å². The van der Waals surface area contributed by atoms with Gasteiger partial charge in [-0.1, -0.05) is 23.7 Å². The normalized spacial score (nSPS) is 14.3. The van der Waals surface area contributed by atoms with Crippen LogP contribution in [0.1, 0.15) is 30.4 Å². The molecule has 0 saturated carbocycles. The van der Waals surface area contributed by atoms with E-state index >= 15 is 0 Å². The predicted octanol–water partition coefficient (Wildman–Crippen LogP) is 8.05. The number of aromatic nitrogens is 3. The van der Waals surface area contributed by atoms with Crippen LogP contribution in [0.25, 0.3) is 0 Å². The van der Waals surface area contributed by atoms with Gasteiger partial charge in [-0.2, -0.15) is 48.8 Å². The van der Waals surface area contributed by atoms with E-state index in [1.54, 1.807) is 18.5 Å². The fourth-order valence-corrected chi connectivity index (χ4v) is 7.12. The van der Waals surface area contributed by atoms with Gasteiger partial charge in [-0.05, 0) is 85.5 Å². The number of aliphatic carboxylic acids is 3. The van der Waals surface area contributed by atoms with Crippen molar-refractivity contribution in [2.45, 2.75) is 55.5 Å². The Labute approximate surface area is 355 Å². The van der Waals surface area contributed by atoms with Crippen LogP contribution in [0.5, 0.6) is 0 Å². The Balaban J connectivity index is 0.000000416. The van der Waals surface area contributed by atoms with Crippen LogP contribution in [-0.2, 0) is 37.2 Å². The number of halogens is 11. The average molecular weight is 950 g/mol. The number of hydrogen-bond acceptors (Lipinski definition) is 11. The molecule has 0 radical (unpaired) electrons. The number of pyridine rings is 1.